The molecule has 2 aromatic heterocycles. The molecule has 3 heterocycles. The van der Waals surface area contributed by atoms with Crippen LogP contribution in [0.4, 0.5) is 10.2 Å². The maximum absolute atomic E-state index is 13.1. The van der Waals surface area contributed by atoms with Gasteiger partial charge in [-0.15, -0.1) is 24.0 Å². The van der Waals surface area contributed by atoms with Gasteiger partial charge in [0.2, 0.25) is 5.89 Å². The van der Waals surface area contributed by atoms with Crippen molar-refractivity contribution in [3.05, 3.63) is 66.4 Å². The molecule has 0 bridgehead atoms. The van der Waals surface area contributed by atoms with Crippen molar-refractivity contribution in [2.45, 2.75) is 6.42 Å². The molecule has 0 atom stereocenters. The molecule has 0 aliphatic carbocycles. The topological polar surface area (TPSA) is 69.8 Å². The predicted octanol–water partition coefficient (Wildman–Crippen LogP) is 3.43. The maximum atomic E-state index is 13.1. The quantitative estimate of drug-likeness (QED) is 0.306. The third-order valence-electron chi connectivity index (χ3n) is 5.07. The maximum Gasteiger partial charge on any atom is 0.226 e. The molecule has 9 heteroatoms. The van der Waals surface area contributed by atoms with Gasteiger partial charge in [-0.3, -0.25) is 4.99 Å². The van der Waals surface area contributed by atoms with E-state index in [-0.39, 0.29) is 29.8 Å². The number of pyridine rings is 1. The first kappa shape index (κ1) is 23.0. The Morgan fingerprint density at radius 3 is 2.58 bits per heavy atom. The number of guanidine groups is 1. The molecule has 1 fully saturated rings. The van der Waals surface area contributed by atoms with Crippen LogP contribution in [-0.2, 0) is 6.42 Å². The Hall–Kier alpha value is -2.69. The minimum absolute atomic E-state index is 0. The SMILES string of the molecule is CN=C(NCCc1coc(-c2ccc(F)cc2)n1)N1CCN(c2ccccn2)CC1.I. The number of anilines is 1. The minimum Gasteiger partial charge on any atom is -0.444 e. The highest BCUT2D eigenvalue weighted by atomic mass is 127. The second-order valence-electron chi connectivity index (χ2n) is 7.04. The summed E-state index contributed by atoms with van der Waals surface area (Å²) in [6.45, 7) is 4.27. The van der Waals surface area contributed by atoms with E-state index in [0.717, 1.165) is 49.2 Å². The molecule has 1 aliphatic rings. The number of piperazine rings is 1. The first-order valence-corrected chi connectivity index (χ1v) is 10.0. The Bertz CT molecular complexity index is 971. The van der Waals surface area contributed by atoms with Crippen LogP contribution in [0.3, 0.4) is 0 Å². The van der Waals surface area contributed by atoms with E-state index in [1.165, 1.54) is 12.1 Å². The molecule has 7 nitrogen and oxygen atoms in total. The molecule has 3 aromatic rings. The van der Waals surface area contributed by atoms with Crippen LogP contribution in [0.5, 0.6) is 0 Å². The van der Waals surface area contributed by atoms with Crippen molar-refractivity contribution >= 4 is 35.8 Å². The van der Waals surface area contributed by atoms with Gasteiger partial charge < -0.3 is 19.5 Å². The second kappa shape index (κ2) is 11.1. The van der Waals surface area contributed by atoms with Gasteiger partial charge >= 0.3 is 0 Å². The molecule has 0 saturated carbocycles. The summed E-state index contributed by atoms with van der Waals surface area (Å²) in [5, 5.41) is 3.41. The van der Waals surface area contributed by atoms with E-state index in [0.29, 0.717) is 18.9 Å². The average Bonchev–Trinajstić information content (AvgIpc) is 3.27. The predicted molar refractivity (Wildman–Crippen MR) is 130 cm³/mol. The van der Waals surface area contributed by atoms with Gasteiger partial charge in [-0.2, -0.15) is 0 Å². The number of aromatic nitrogens is 2. The lowest BCUT2D eigenvalue weighted by Gasteiger charge is -2.37. The molecule has 0 radical (unpaired) electrons. The number of nitrogens with zero attached hydrogens (tertiary/aromatic N) is 5. The van der Waals surface area contributed by atoms with Gasteiger partial charge in [0, 0.05) is 58.0 Å². The number of hydrogen-bond donors (Lipinski definition) is 1. The molecule has 1 aliphatic heterocycles. The van der Waals surface area contributed by atoms with E-state index in [4.69, 9.17) is 4.42 Å². The van der Waals surface area contributed by atoms with Crippen molar-refractivity contribution in [2.75, 3.05) is 44.7 Å². The highest BCUT2D eigenvalue weighted by Gasteiger charge is 2.20. The highest BCUT2D eigenvalue weighted by molar-refractivity contribution is 14.0. The van der Waals surface area contributed by atoms with Gasteiger partial charge in [-0.25, -0.2) is 14.4 Å². The number of oxazole rings is 1. The molecule has 1 N–H and O–H groups in total. The van der Waals surface area contributed by atoms with Gasteiger partial charge in [-0.05, 0) is 36.4 Å². The van der Waals surface area contributed by atoms with Gasteiger partial charge in [0.25, 0.3) is 0 Å². The Morgan fingerprint density at radius 1 is 1.13 bits per heavy atom. The fourth-order valence-corrected chi connectivity index (χ4v) is 3.47. The Kier molecular flexibility index (Phi) is 8.21. The van der Waals surface area contributed by atoms with Crippen LogP contribution in [0.15, 0.2) is 64.3 Å². The van der Waals surface area contributed by atoms with Crippen molar-refractivity contribution in [2.24, 2.45) is 4.99 Å². The summed E-state index contributed by atoms with van der Waals surface area (Å²) < 4.78 is 18.6. The van der Waals surface area contributed by atoms with Gasteiger partial charge in [-0.1, -0.05) is 6.07 Å². The lowest BCUT2D eigenvalue weighted by Crippen LogP contribution is -2.53. The largest absolute Gasteiger partial charge is 0.444 e. The van der Waals surface area contributed by atoms with Crippen molar-refractivity contribution in [1.29, 1.82) is 0 Å². The summed E-state index contributed by atoms with van der Waals surface area (Å²) in [7, 11) is 1.80. The monoisotopic (exact) mass is 536 g/mol. The Labute approximate surface area is 198 Å². The van der Waals surface area contributed by atoms with Crippen LogP contribution in [0, 0.1) is 5.82 Å². The summed E-state index contributed by atoms with van der Waals surface area (Å²) >= 11 is 0. The molecule has 1 aromatic carbocycles. The number of halogens is 2. The number of rotatable bonds is 5. The van der Waals surface area contributed by atoms with Gasteiger partial charge in [0.1, 0.15) is 17.9 Å². The van der Waals surface area contributed by atoms with E-state index < -0.39 is 0 Å². The summed E-state index contributed by atoms with van der Waals surface area (Å²) in [4.78, 5) is 17.9. The van der Waals surface area contributed by atoms with Crippen LogP contribution >= 0.6 is 24.0 Å². The summed E-state index contributed by atoms with van der Waals surface area (Å²) in [5.74, 6) is 2.13. The zero-order valence-electron chi connectivity index (χ0n) is 17.4. The molecule has 0 amide bonds. The van der Waals surface area contributed by atoms with E-state index in [9.17, 15) is 4.39 Å². The minimum atomic E-state index is -0.276. The van der Waals surface area contributed by atoms with Crippen LogP contribution in [-0.4, -0.2) is 60.6 Å². The van der Waals surface area contributed by atoms with Crippen LogP contribution < -0.4 is 10.2 Å². The Morgan fingerprint density at radius 2 is 1.90 bits per heavy atom. The van der Waals surface area contributed by atoms with Crippen LogP contribution in [0.25, 0.3) is 11.5 Å². The van der Waals surface area contributed by atoms with Crippen molar-refractivity contribution in [3.63, 3.8) is 0 Å². The first-order chi connectivity index (χ1) is 14.7. The van der Waals surface area contributed by atoms with Crippen LogP contribution in [0.2, 0.25) is 0 Å². The van der Waals surface area contributed by atoms with E-state index >= 15 is 0 Å². The molecule has 164 valence electrons. The molecule has 31 heavy (non-hydrogen) atoms. The fourth-order valence-electron chi connectivity index (χ4n) is 3.47. The average molecular weight is 536 g/mol. The normalized spacial score (nSPS) is 14.3. The smallest absolute Gasteiger partial charge is 0.226 e. The number of hydrogen-bond acceptors (Lipinski definition) is 5. The molecule has 1 saturated heterocycles. The zero-order valence-corrected chi connectivity index (χ0v) is 19.7. The molecule has 0 unspecified atom stereocenters. The summed E-state index contributed by atoms with van der Waals surface area (Å²) in [6.07, 6.45) is 4.18. The number of nitrogens with one attached hydrogen (secondary N) is 1. The highest BCUT2D eigenvalue weighted by Crippen LogP contribution is 2.19. The van der Waals surface area contributed by atoms with Gasteiger partial charge in [0.15, 0.2) is 5.96 Å². The number of aliphatic imine (C=N–C) groups is 1. The molecule has 0 spiro atoms. The van der Waals surface area contributed by atoms with E-state index in [2.05, 4.69) is 30.1 Å². The van der Waals surface area contributed by atoms with E-state index in [1.54, 1.807) is 25.4 Å². The zero-order chi connectivity index (χ0) is 20.8. The standard InChI is InChI=1S/C22H25FN6O.HI/c1-24-22(29-14-12-28(13-15-29)20-4-2-3-10-25-20)26-11-9-19-16-30-21(27-19)17-5-7-18(23)8-6-17;/h2-8,10,16H,9,11-15H2,1H3,(H,24,26);1H. The fraction of sp³-hybridized carbons (Fsp3) is 0.318. The van der Waals surface area contributed by atoms with Crippen molar-refractivity contribution in [3.8, 4) is 11.5 Å². The van der Waals surface area contributed by atoms with E-state index in [1.807, 2.05) is 24.4 Å². The second-order valence-corrected chi connectivity index (χ2v) is 7.04. The van der Waals surface area contributed by atoms with Crippen LogP contribution in [0.1, 0.15) is 5.69 Å². The third kappa shape index (κ3) is 5.93. The number of benzene rings is 1. The molecular formula is C22H26FIN6O. The first-order valence-electron chi connectivity index (χ1n) is 10.0. The lowest BCUT2D eigenvalue weighted by molar-refractivity contribution is 0.371. The summed E-state index contributed by atoms with van der Waals surface area (Å²) in [6, 6.07) is 12.1. The molecule has 4 rings (SSSR count). The summed E-state index contributed by atoms with van der Waals surface area (Å²) in [5.41, 5.74) is 1.61. The Balaban J connectivity index is 0.00000272. The lowest BCUT2D eigenvalue weighted by atomic mass is 10.2. The van der Waals surface area contributed by atoms with Crippen molar-refractivity contribution in [1.82, 2.24) is 20.2 Å². The van der Waals surface area contributed by atoms with Gasteiger partial charge in [0.05, 0.1) is 5.69 Å². The van der Waals surface area contributed by atoms with Crippen molar-refractivity contribution < 1.29 is 8.81 Å². The third-order valence-corrected chi connectivity index (χ3v) is 5.07. The molecular weight excluding hydrogens is 510 g/mol.